The first-order valence-corrected chi connectivity index (χ1v) is 5.77. The van der Waals surface area contributed by atoms with E-state index in [1.54, 1.807) is 18.5 Å². The molecule has 1 aromatic heterocycles. The average molecular weight is 308 g/mol. The number of halogens is 2. The van der Waals surface area contributed by atoms with E-state index in [0.29, 0.717) is 13.0 Å². The molecule has 0 saturated carbocycles. The lowest BCUT2D eigenvalue weighted by atomic mass is 10.2. The number of rotatable bonds is 3. The molecule has 7 heteroatoms. The lowest BCUT2D eigenvalue weighted by molar-refractivity contribution is -0.117. The fourth-order valence-electron chi connectivity index (χ4n) is 1.79. The molecule has 0 spiro atoms. The molecule has 108 valence electrons. The highest BCUT2D eigenvalue weighted by Gasteiger charge is 2.17. The second-order valence-electron chi connectivity index (χ2n) is 4.17. The molecule has 1 amide bonds. The zero-order valence-corrected chi connectivity index (χ0v) is 12.4. The number of hydrogen-bond donors (Lipinski definition) is 2. The van der Waals surface area contributed by atoms with E-state index in [9.17, 15) is 4.79 Å². The fourth-order valence-corrected chi connectivity index (χ4v) is 1.79. The summed E-state index contributed by atoms with van der Waals surface area (Å²) in [5, 5.41) is 6.14. The van der Waals surface area contributed by atoms with Crippen molar-refractivity contribution >= 4 is 36.4 Å². The van der Waals surface area contributed by atoms with E-state index in [0.717, 1.165) is 24.4 Å². The Morgan fingerprint density at radius 2 is 2.37 bits per heavy atom. The topological polar surface area (TPSA) is 63.2 Å². The van der Waals surface area contributed by atoms with Crippen LogP contribution in [0.4, 0.5) is 5.69 Å². The average Bonchev–Trinajstić information content (AvgIpc) is 2.33. The lowest BCUT2D eigenvalue weighted by Crippen LogP contribution is -2.43. The molecule has 2 N–H and O–H groups in total. The Hall–Kier alpha value is -0.880. The van der Waals surface area contributed by atoms with Crippen molar-refractivity contribution in [1.82, 2.24) is 10.3 Å². The van der Waals surface area contributed by atoms with Gasteiger partial charge in [0.25, 0.3) is 0 Å². The van der Waals surface area contributed by atoms with Gasteiger partial charge in [0.15, 0.2) is 0 Å². The molecule has 1 unspecified atom stereocenters. The van der Waals surface area contributed by atoms with Gasteiger partial charge in [-0.2, -0.15) is 0 Å². The number of ether oxygens (including phenoxy) is 1. The molecule has 1 aliphatic rings. The van der Waals surface area contributed by atoms with Gasteiger partial charge < -0.3 is 15.4 Å². The van der Waals surface area contributed by atoms with Crippen molar-refractivity contribution < 1.29 is 9.53 Å². The van der Waals surface area contributed by atoms with Crippen LogP contribution in [0.1, 0.15) is 12.0 Å². The first-order valence-electron chi connectivity index (χ1n) is 5.77. The fraction of sp³-hybridized carbons (Fsp3) is 0.500. The molecule has 1 fully saturated rings. The van der Waals surface area contributed by atoms with Gasteiger partial charge in [0.1, 0.15) is 0 Å². The molecule has 19 heavy (non-hydrogen) atoms. The third-order valence-corrected chi connectivity index (χ3v) is 2.72. The quantitative estimate of drug-likeness (QED) is 0.889. The summed E-state index contributed by atoms with van der Waals surface area (Å²) in [5.74, 6) is 0.00213. The minimum atomic E-state index is 0. The van der Waals surface area contributed by atoms with Gasteiger partial charge in [0.05, 0.1) is 13.2 Å². The van der Waals surface area contributed by atoms with Crippen LogP contribution in [0.15, 0.2) is 18.5 Å². The van der Waals surface area contributed by atoms with Gasteiger partial charge in [-0.1, -0.05) is 0 Å². The third-order valence-electron chi connectivity index (χ3n) is 2.72. The van der Waals surface area contributed by atoms with E-state index in [1.807, 2.05) is 6.92 Å². The van der Waals surface area contributed by atoms with Gasteiger partial charge in [-0.3, -0.25) is 9.78 Å². The van der Waals surface area contributed by atoms with Gasteiger partial charge in [0, 0.05) is 37.1 Å². The standard InChI is InChI=1S/C12H17N3O2.2ClH/c1-9-7-13-3-2-11(9)15-12(16)6-10-8-17-5-4-14-10;;/h2-3,7,10,14H,4-6,8H2,1H3,(H,13,15,16);2*1H. The van der Waals surface area contributed by atoms with E-state index < -0.39 is 0 Å². The van der Waals surface area contributed by atoms with Gasteiger partial charge in [-0.05, 0) is 18.6 Å². The van der Waals surface area contributed by atoms with E-state index >= 15 is 0 Å². The number of anilines is 1. The van der Waals surface area contributed by atoms with Gasteiger partial charge in [-0.25, -0.2) is 0 Å². The predicted octanol–water partition coefficient (Wildman–Crippen LogP) is 1.55. The summed E-state index contributed by atoms with van der Waals surface area (Å²) in [6.45, 7) is 4.06. The first-order chi connectivity index (χ1) is 8.25. The van der Waals surface area contributed by atoms with E-state index in [-0.39, 0.29) is 36.8 Å². The minimum absolute atomic E-state index is 0. The van der Waals surface area contributed by atoms with Crippen molar-refractivity contribution in [1.29, 1.82) is 0 Å². The number of carbonyl (C=O) groups excluding carboxylic acids is 1. The number of amides is 1. The van der Waals surface area contributed by atoms with Crippen molar-refractivity contribution in [3.05, 3.63) is 24.0 Å². The zero-order valence-electron chi connectivity index (χ0n) is 10.7. The molecule has 1 aliphatic heterocycles. The summed E-state index contributed by atoms with van der Waals surface area (Å²) >= 11 is 0. The molecule has 2 rings (SSSR count). The van der Waals surface area contributed by atoms with Crippen molar-refractivity contribution in [3.63, 3.8) is 0 Å². The summed E-state index contributed by atoms with van der Waals surface area (Å²) in [7, 11) is 0. The number of nitrogens with zero attached hydrogens (tertiary/aromatic N) is 1. The van der Waals surface area contributed by atoms with Crippen LogP contribution >= 0.6 is 24.8 Å². The molecular weight excluding hydrogens is 289 g/mol. The Morgan fingerprint density at radius 3 is 3.00 bits per heavy atom. The first kappa shape index (κ1) is 18.1. The molecule has 1 aromatic rings. The van der Waals surface area contributed by atoms with Crippen LogP contribution in [0, 0.1) is 6.92 Å². The Kier molecular flexibility index (Phi) is 8.67. The molecule has 0 aromatic carbocycles. The predicted molar refractivity (Wildman–Crippen MR) is 79.3 cm³/mol. The smallest absolute Gasteiger partial charge is 0.226 e. The normalized spacial score (nSPS) is 17.8. The van der Waals surface area contributed by atoms with Crippen LogP contribution in [0.2, 0.25) is 0 Å². The van der Waals surface area contributed by atoms with E-state index in [2.05, 4.69) is 15.6 Å². The molecule has 5 nitrogen and oxygen atoms in total. The maximum absolute atomic E-state index is 11.8. The molecule has 0 bridgehead atoms. The number of morpholine rings is 1. The number of hydrogen-bond acceptors (Lipinski definition) is 4. The van der Waals surface area contributed by atoms with Crippen LogP contribution in [-0.4, -0.2) is 36.7 Å². The Balaban J connectivity index is 0.00000162. The summed E-state index contributed by atoms with van der Waals surface area (Å²) in [6, 6.07) is 1.92. The van der Waals surface area contributed by atoms with Crippen molar-refractivity contribution in [2.75, 3.05) is 25.1 Å². The van der Waals surface area contributed by atoms with Crippen LogP contribution < -0.4 is 10.6 Å². The molecule has 0 aliphatic carbocycles. The number of nitrogens with one attached hydrogen (secondary N) is 2. The maximum Gasteiger partial charge on any atom is 0.226 e. The lowest BCUT2D eigenvalue weighted by Gasteiger charge is -2.23. The van der Waals surface area contributed by atoms with Gasteiger partial charge in [-0.15, -0.1) is 24.8 Å². The van der Waals surface area contributed by atoms with Crippen molar-refractivity contribution in [2.45, 2.75) is 19.4 Å². The van der Waals surface area contributed by atoms with E-state index in [1.165, 1.54) is 0 Å². The Morgan fingerprint density at radius 1 is 1.58 bits per heavy atom. The largest absolute Gasteiger partial charge is 0.378 e. The van der Waals surface area contributed by atoms with Crippen LogP contribution in [0.5, 0.6) is 0 Å². The van der Waals surface area contributed by atoms with E-state index in [4.69, 9.17) is 4.74 Å². The summed E-state index contributed by atoms with van der Waals surface area (Å²) < 4.78 is 5.30. The van der Waals surface area contributed by atoms with Gasteiger partial charge >= 0.3 is 0 Å². The summed E-state index contributed by atoms with van der Waals surface area (Å²) in [5.41, 5.74) is 1.79. The molecule has 1 atom stereocenters. The second kappa shape index (κ2) is 9.09. The van der Waals surface area contributed by atoms with Crippen LogP contribution in [0.25, 0.3) is 0 Å². The van der Waals surface area contributed by atoms with Gasteiger partial charge in [0.2, 0.25) is 5.91 Å². The number of aryl methyl sites for hydroxylation is 1. The minimum Gasteiger partial charge on any atom is -0.378 e. The summed E-state index contributed by atoms with van der Waals surface area (Å²) in [6.07, 6.45) is 3.84. The highest BCUT2D eigenvalue weighted by atomic mass is 35.5. The molecule has 1 saturated heterocycles. The Labute approximate surface area is 125 Å². The highest BCUT2D eigenvalue weighted by molar-refractivity contribution is 5.91. The monoisotopic (exact) mass is 307 g/mol. The highest BCUT2D eigenvalue weighted by Crippen LogP contribution is 2.12. The number of aromatic nitrogens is 1. The molecular formula is C12H19Cl2N3O2. The zero-order chi connectivity index (χ0) is 12.1. The van der Waals surface area contributed by atoms with Crippen LogP contribution in [0.3, 0.4) is 0 Å². The molecule has 2 heterocycles. The van der Waals surface area contributed by atoms with Crippen LogP contribution in [-0.2, 0) is 9.53 Å². The number of carbonyl (C=O) groups is 1. The summed E-state index contributed by atoms with van der Waals surface area (Å²) in [4.78, 5) is 15.8. The SMILES string of the molecule is Cc1cnccc1NC(=O)CC1COCCN1.Cl.Cl. The van der Waals surface area contributed by atoms with Crippen molar-refractivity contribution in [3.8, 4) is 0 Å². The molecule has 0 radical (unpaired) electrons. The second-order valence-corrected chi connectivity index (χ2v) is 4.17. The number of pyridine rings is 1. The third kappa shape index (κ3) is 5.74. The van der Waals surface area contributed by atoms with Crippen molar-refractivity contribution in [2.24, 2.45) is 0 Å². The Bertz CT molecular complexity index is 398. The maximum atomic E-state index is 11.8.